The number of ether oxygens (including phenoxy) is 2. The summed E-state index contributed by atoms with van der Waals surface area (Å²) in [5, 5.41) is 0. The summed E-state index contributed by atoms with van der Waals surface area (Å²) in [7, 11) is 0. The number of hydrogen-bond acceptors (Lipinski definition) is 2. The highest BCUT2D eigenvalue weighted by Crippen LogP contribution is 2.39. The van der Waals surface area contributed by atoms with Gasteiger partial charge in [0.25, 0.3) is 0 Å². The van der Waals surface area contributed by atoms with Gasteiger partial charge in [-0.1, -0.05) is 57.7 Å². The average Bonchev–Trinajstić information content (AvgIpc) is 2.91. The molecule has 2 fully saturated rings. The topological polar surface area (TPSA) is 18.5 Å². The summed E-state index contributed by atoms with van der Waals surface area (Å²) in [6.45, 7) is 4.66. The molecule has 0 spiro atoms. The van der Waals surface area contributed by atoms with Gasteiger partial charge in [0.15, 0.2) is 23.2 Å². The van der Waals surface area contributed by atoms with Gasteiger partial charge >= 0.3 is 0 Å². The maximum Gasteiger partial charge on any atom is 0.200 e. The molecular weight excluding hydrogens is 480 g/mol. The Hall–Kier alpha value is -2.08. The molecule has 2 aromatic rings. The van der Waals surface area contributed by atoms with Crippen LogP contribution in [0.4, 0.5) is 17.6 Å². The molecule has 37 heavy (non-hydrogen) atoms. The van der Waals surface area contributed by atoms with Gasteiger partial charge in [-0.25, -0.2) is 13.2 Å². The van der Waals surface area contributed by atoms with E-state index in [1.54, 1.807) is 18.2 Å². The SMILES string of the molecule is CCCCCOc1ccc(C2CCC(OCc3ccc(C4CCC(C)CC4)c(F)c3F)CC2)c(F)c1F. The van der Waals surface area contributed by atoms with E-state index in [9.17, 15) is 17.6 Å². The molecule has 6 heteroatoms. The Labute approximate surface area is 218 Å². The summed E-state index contributed by atoms with van der Waals surface area (Å²) in [6, 6.07) is 6.54. The Bertz CT molecular complexity index is 1020. The fourth-order valence-corrected chi connectivity index (χ4v) is 5.86. The minimum Gasteiger partial charge on any atom is -0.490 e. The number of unbranched alkanes of at least 4 members (excludes halogenated alkanes) is 2. The van der Waals surface area contributed by atoms with E-state index in [-0.39, 0.29) is 35.9 Å². The van der Waals surface area contributed by atoms with Crippen molar-refractivity contribution in [3.05, 3.63) is 64.2 Å². The van der Waals surface area contributed by atoms with Crippen LogP contribution in [0.3, 0.4) is 0 Å². The highest BCUT2D eigenvalue weighted by molar-refractivity contribution is 5.33. The van der Waals surface area contributed by atoms with Crippen molar-refractivity contribution in [1.82, 2.24) is 0 Å². The Morgan fingerprint density at radius 2 is 1.30 bits per heavy atom. The van der Waals surface area contributed by atoms with Gasteiger partial charge in [0.05, 0.1) is 19.3 Å². The molecule has 0 N–H and O–H groups in total. The molecule has 0 atom stereocenters. The van der Waals surface area contributed by atoms with Gasteiger partial charge in [-0.15, -0.1) is 0 Å². The summed E-state index contributed by atoms with van der Waals surface area (Å²) in [5.74, 6) is -2.70. The first-order valence-corrected chi connectivity index (χ1v) is 14.1. The number of rotatable bonds is 10. The lowest BCUT2D eigenvalue weighted by Crippen LogP contribution is -2.22. The molecule has 0 bridgehead atoms. The highest BCUT2D eigenvalue weighted by Gasteiger charge is 2.28. The molecule has 204 valence electrons. The molecule has 0 saturated heterocycles. The molecule has 0 aromatic heterocycles. The third-order valence-corrected chi connectivity index (χ3v) is 8.32. The van der Waals surface area contributed by atoms with Crippen LogP contribution in [0.2, 0.25) is 0 Å². The summed E-state index contributed by atoms with van der Waals surface area (Å²) in [4.78, 5) is 0. The molecule has 0 aliphatic heterocycles. The molecule has 4 rings (SSSR count). The van der Waals surface area contributed by atoms with Crippen LogP contribution < -0.4 is 4.74 Å². The zero-order chi connectivity index (χ0) is 26.4. The molecule has 2 aliphatic carbocycles. The third-order valence-electron chi connectivity index (χ3n) is 8.32. The fourth-order valence-electron chi connectivity index (χ4n) is 5.86. The number of halogens is 4. The molecule has 2 aliphatic rings. The van der Waals surface area contributed by atoms with E-state index in [1.807, 2.05) is 0 Å². The predicted octanol–water partition coefficient (Wildman–Crippen LogP) is 9.35. The van der Waals surface area contributed by atoms with Crippen molar-refractivity contribution in [2.45, 2.75) is 109 Å². The second kappa shape index (κ2) is 13.1. The number of hydrogen-bond donors (Lipinski definition) is 0. The first-order valence-electron chi connectivity index (χ1n) is 14.1. The minimum atomic E-state index is -0.920. The lowest BCUT2D eigenvalue weighted by atomic mass is 9.79. The second-order valence-corrected chi connectivity index (χ2v) is 11.0. The van der Waals surface area contributed by atoms with Crippen molar-refractivity contribution in [3.63, 3.8) is 0 Å². The molecular formula is C31H40F4O2. The quantitative estimate of drug-likeness (QED) is 0.229. The van der Waals surface area contributed by atoms with Crippen LogP contribution in [-0.4, -0.2) is 12.7 Å². The summed E-state index contributed by atoms with van der Waals surface area (Å²) < 4.78 is 70.4. The minimum absolute atomic E-state index is 0.00707. The monoisotopic (exact) mass is 520 g/mol. The predicted molar refractivity (Wildman–Crippen MR) is 138 cm³/mol. The maximum absolute atomic E-state index is 14.8. The molecule has 0 unspecified atom stereocenters. The van der Waals surface area contributed by atoms with Gasteiger partial charge < -0.3 is 9.47 Å². The van der Waals surface area contributed by atoms with Gasteiger partial charge in [0, 0.05) is 5.56 Å². The van der Waals surface area contributed by atoms with Crippen molar-refractivity contribution in [3.8, 4) is 5.75 Å². The third kappa shape index (κ3) is 6.87. The lowest BCUT2D eigenvalue weighted by molar-refractivity contribution is 0.0116. The van der Waals surface area contributed by atoms with Gasteiger partial charge in [0.1, 0.15) is 0 Å². The summed E-state index contributed by atoms with van der Waals surface area (Å²) >= 11 is 0. The van der Waals surface area contributed by atoms with Crippen molar-refractivity contribution in [2.24, 2.45) is 5.92 Å². The standard InChI is InChI=1S/C31H40F4O2/c1-3-4-5-18-36-27-17-16-26(30(34)31(27)35)22-10-13-24(14-11-22)37-19-23-12-15-25(29(33)28(23)32)21-8-6-20(2)7-9-21/h12,15-17,20-22,24H,3-11,13-14,18-19H2,1-2H3. The van der Waals surface area contributed by atoms with Crippen molar-refractivity contribution in [2.75, 3.05) is 6.61 Å². The van der Waals surface area contributed by atoms with E-state index >= 15 is 0 Å². The Balaban J connectivity index is 1.29. The first kappa shape index (κ1) is 27.9. The van der Waals surface area contributed by atoms with E-state index in [0.29, 0.717) is 49.3 Å². The maximum atomic E-state index is 14.8. The molecule has 0 amide bonds. The van der Waals surface area contributed by atoms with E-state index in [0.717, 1.165) is 44.9 Å². The average molecular weight is 521 g/mol. The van der Waals surface area contributed by atoms with E-state index < -0.39 is 23.3 Å². The van der Waals surface area contributed by atoms with Gasteiger partial charge in [-0.3, -0.25) is 0 Å². The Kier molecular flexibility index (Phi) is 9.91. The normalized spacial score (nSPS) is 24.3. The molecule has 0 heterocycles. The first-order chi connectivity index (χ1) is 17.9. The second-order valence-electron chi connectivity index (χ2n) is 11.0. The van der Waals surface area contributed by atoms with Crippen molar-refractivity contribution < 1.29 is 27.0 Å². The largest absolute Gasteiger partial charge is 0.490 e. The fraction of sp³-hybridized carbons (Fsp3) is 0.613. The van der Waals surface area contributed by atoms with Crippen LogP contribution >= 0.6 is 0 Å². The molecule has 0 radical (unpaired) electrons. The Morgan fingerprint density at radius 1 is 0.703 bits per heavy atom. The molecule has 2 saturated carbocycles. The molecule has 2 aromatic carbocycles. The zero-order valence-electron chi connectivity index (χ0n) is 22.1. The van der Waals surface area contributed by atoms with Crippen LogP contribution in [0, 0.1) is 29.2 Å². The van der Waals surface area contributed by atoms with Crippen LogP contribution in [0.15, 0.2) is 24.3 Å². The van der Waals surface area contributed by atoms with E-state index in [2.05, 4.69) is 13.8 Å². The van der Waals surface area contributed by atoms with Gasteiger partial charge in [-0.2, -0.15) is 4.39 Å². The Morgan fingerprint density at radius 3 is 1.95 bits per heavy atom. The highest BCUT2D eigenvalue weighted by atomic mass is 19.2. The van der Waals surface area contributed by atoms with Crippen LogP contribution in [0.1, 0.15) is 113 Å². The van der Waals surface area contributed by atoms with Crippen LogP contribution in [0.5, 0.6) is 5.75 Å². The summed E-state index contributed by atoms with van der Waals surface area (Å²) in [6.07, 6.45) is 9.21. The summed E-state index contributed by atoms with van der Waals surface area (Å²) in [5.41, 5.74) is 1.09. The van der Waals surface area contributed by atoms with Crippen molar-refractivity contribution in [1.29, 1.82) is 0 Å². The van der Waals surface area contributed by atoms with Crippen molar-refractivity contribution >= 4 is 0 Å². The lowest BCUT2D eigenvalue weighted by Gasteiger charge is -2.29. The zero-order valence-corrected chi connectivity index (χ0v) is 22.1. The number of benzene rings is 2. The van der Waals surface area contributed by atoms with E-state index in [4.69, 9.17) is 9.47 Å². The van der Waals surface area contributed by atoms with Gasteiger partial charge in [-0.05, 0) is 79.9 Å². The van der Waals surface area contributed by atoms with Crippen LogP contribution in [0.25, 0.3) is 0 Å². The van der Waals surface area contributed by atoms with Crippen LogP contribution in [-0.2, 0) is 11.3 Å². The van der Waals surface area contributed by atoms with Gasteiger partial charge in [0.2, 0.25) is 5.82 Å². The smallest absolute Gasteiger partial charge is 0.200 e. The molecule has 2 nitrogen and oxygen atoms in total. The van der Waals surface area contributed by atoms with E-state index in [1.165, 1.54) is 6.07 Å².